The van der Waals surface area contributed by atoms with Crippen molar-refractivity contribution in [2.45, 2.75) is 71.6 Å². The van der Waals surface area contributed by atoms with Crippen molar-refractivity contribution < 1.29 is 9.59 Å². The van der Waals surface area contributed by atoms with Crippen molar-refractivity contribution in [1.82, 2.24) is 5.32 Å². The summed E-state index contributed by atoms with van der Waals surface area (Å²) in [5, 5.41) is 2.84. The highest BCUT2D eigenvalue weighted by molar-refractivity contribution is 5.91. The number of amides is 1. The maximum atomic E-state index is 11.2. The summed E-state index contributed by atoms with van der Waals surface area (Å²) in [6, 6.07) is 0. The van der Waals surface area contributed by atoms with Gasteiger partial charge in [0.05, 0.1) is 0 Å². The van der Waals surface area contributed by atoms with Crippen molar-refractivity contribution in [3.05, 3.63) is 12.2 Å². The molecule has 0 aromatic rings. The van der Waals surface area contributed by atoms with Gasteiger partial charge >= 0.3 is 0 Å². The highest BCUT2D eigenvalue weighted by Gasteiger charge is 1.99. The smallest absolute Gasteiger partial charge is 0.246 e. The van der Waals surface area contributed by atoms with Crippen LogP contribution in [0.3, 0.4) is 0 Å². The summed E-state index contributed by atoms with van der Waals surface area (Å²) >= 11 is 0. The van der Waals surface area contributed by atoms with Crippen LogP contribution in [0.4, 0.5) is 0 Å². The lowest BCUT2D eigenvalue weighted by Crippen LogP contribution is -2.24. The molecule has 0 spiro atoms. The lowest BCUT2D eigenvalue weighted by Gasteiger charge is -2.04. The second kappa shape index (κ2) is 11.9. The zero-order valence-electron chi connectivity index (χ0n) is 12.6. The Balaban J connectivity index is 3.13. The molecular weight excluding hydrogens is 238 g/mol. The molecule has 1 N–H and O–H groups in total. The lowest BCUT2D eigenvalue weighted by molar-refractivity contribution is -0.118. The molecule has 0 aromatic heterocycles. The molecule has 0 heterocycles. The summed E-state index contributed by atoms with van der Waals surface area (Å²) in [6.07, 6.45) is 10.2. The first kappa shape index (κ1) is 17.9. The molecule has 0 aliphatic rings. The van der Waals surface area contributed by atoms with E-state index in [1.165, 1.54) is 38.5 Å². The standard InChI is InChI=1S/C16H29NO2/c1-14(2)16(19)17-13-11-9-7-5-4-6-8-10-12-15(3)18/h1,4-13H2,2-3H3,(H,17,19). The topological polar surface area (TPSA) is 46.2 Å². The predicted octanol–water partition coefficient (Wildman–Crippen LogP) is 3.78. The van der Waals surface area contributed by atoms with Crippen molar-refractivity contribution in [3.8, 4) is 0 Å². The van der Waals surface area contributed by atoms with Gasteiger partial charge in [-0.3, -0.25) is 4.79 Å². The quantitative estimate of drug-likeness (QED) is 0.432. The van der Waals surface area contributed by atoms with Crippen LogP contribution in [-0.2, 0) is 9.59 Å². The molecule has 0 aliphatic heterocycles. The third kappa shape index (κ3) is 13.1. The van der Waals surface area contributed by atoms with Gasteiger partial charge in [0.25, 0.3) is 0 Å². The van der Waals surface area contributed by atoms with Crippen LogP contribution >= 0.6 is 0 Å². The summed E-state index contributed by atoms with van der Waals surface area (Å²) in [5.41, 5.74) is 0.575. The molecule has 3 heteroatoms. The predicted molar refractivity (Wildman–Crippen MR) is 80.1 cm³/mol. The number of hydrogen-bond donors (Lipinski definition) is 1. The molecule has 0 aliphatic carbocycles. The minimum absolute atomic E-state index is 0.0366. The number of hydrogen-bond acceptors (Lipinski definition) is 2. The van der Waals surface area contributed by atoms with E-state index in [0.717, 1.165) is 25.8 Å². The minimum Gasteiger partial charge on any atom is -0.352 e. The number of ketones is 1. The van der Waals surface area contributed by atoms with E-state index in [-0.39, 0.29) is 5.91 Å². The van der Waals surface area contributed by atoms with Gasteiger partial charge in [-0.1, -0.05) is 45.1 Å². The van der Waals surface area contributed by atoms with Crippen molar-refractivity contribution >= 4 is 11.7 Å². The maximum Gasteiger partial charge on any atom is 0.246 e. The van der Waals surface area contributed by atoms with Crippen LogP contribution in [0.15, 0.2) is 12.2 Å². The Hall–Kier alpha value is -1.12. The zero-order valence-corrected chi connectivity index (χ0v) is 12.6. The van der Waals surface area contributed by atoms with Crippen LogP contribution in [0.2, 0.25) is 0 Å². The molecule has 0 saturated carbocycles. The fraction of sp³-hybridized carbons (Fsp3) is 0.750. The molecule has 0 saturated heterocycles. The Morgan fingerprint density at radius 2 is 1.32 bits per heavy atom. The second-order valence-electron chi connectivity index (χ2n) is 5.32. The van der Waals surface area contributed by atoms with Gasteiger partial charge in [-0.15, -0.1) is 0 Å². The van der Waals surface area contributed by atoms with E-state index < -0.39 is 0 Å². The minimum atomic E-state index is -0.0366. The van der Waals surface area contributed by atoms with E-state index >= 15 is 0 Å². The van der Waals surface area contributed by atoms with Gasteiger partial charge in [0.15, 0.2) is 0 Å². The van der Waals surface area contributed by atoms with Gasteiger partial charge in [0, 0.05) is 18.5 Å². The van der Waals surface area contributed by atoms with E-state index in [2.05, 4.69) is 11.9 Å². The summed E-state index contributed by atoms with van der Waals surface area (Å²) in [6.45, 7) is 7.73. The average Bonchev–Trinajstić information content (AvgIpc) is 2.35. The van der Waals surface area contributed by atoms with Crippen molar-refractivity contribution in [2.24, 2.45) is 0 Å². The summed E-state index contributed by atoms with van der Waals surface area (Å²) in [4.78, 5) is 21.9. The van der Waals surface area contributed by atoms with Gasteiger partial charge in [0.2, 0.25) is 5.91 Å². The molecular formula is C16H29NO2. The molecule has 0 unspecified atom stereocenters. The van der Waals surface area contributed by atoms with E-state index in [1.807, 2.05) is 0 Å². The zero-order chi connectivity index (χ0) is 14.5. The first-order valence-corrected chi connectivity index (χ1v) is 7.47. The fourth-order valence-corrected chi connectivity index (χ4v) is 1.91. The van der Waals surface area contributed by atoms with E-state index in [4.69, 9.17) is 0 Å². The summed E-state index contributed by atoms with van der Waals surface area (Å²) in [7, 11) is 0. The van der Waals surface area contributed by atoms with Gasteiger partial charge in [-0.2, -0.15) is 0 Å². The fourth-order valence-electron chi connectivity index (χ4n) is 1.91. The van der Waals surface area contributed by atoms with Gasteiger partial charge in [-0.25, -0.2) is 0 Å². The number of unbranched alkanes of at least 4 members (excludes halogenated alkanes) is 7. The van der Waals surface area contributed by atoms with Crippen molar-refractivity contribution in [1.29, 1.82) is 0 Å². The Bertz CT molecular complexity index is 284. The molecule has 1 amide bonds. The highest BCUT2D eigenvalue weighted by atomic mass is 16.1. The Morgan fingerprint density at radius 1 is 0.842 bits per heavy atom. The molecule has 0 aromatic carbocycles. The molecule has 0 radical (unpaired) electrons. The van der Waals surface area contributed by atoms with E-state index in [9.17, 15) is 9.59 Å². The van der Waals surface area contributed by atoms with Crippen LogP contribution in [0.1, 0.15) is 71.6 Å². The molecule has 3 nitrogen and oxygen atoms in total. The maximum absolute atomic E-state index is 11.2. The lowest BCUT2D eigenvalue weighted by atomic mass is 10.1. The van der Waals surface area contributed by atoms with Crippen LogP contribution in [0, 0.1) is 0 Å². The van der Waals surface area contributed by atoms with E-state index in [0.29, 0.717) is 11.4 Å². The first-order valence-electron chi connectivity index (χ1n) is 7.47. The normalized spacial score (nSPS) is 10.2. The summed E-state index contributed by atoms with van der Waals surface area (Å²) < 4.78 is 0. The highest BCUT2D eigenvalue weighted by Crippen LogP contribution is 2.09. The Morgan fingerprint density at radius 3 is 1.79 bits per heavy atom. The molecule has 0 fully saturated rings. The third-order valence-corrected chi connectivity index (χ3v) is 3.13. The number of carbonyl (C=O) groups is 2. The monoisotopic (exact) mass is 267 g/mol. The van der Waals surface area contributed by atoms with E-state index in [1.54, 1.807) is 13.8 Å². The molecule has 110 valence electrons. The number of rotatable bonds is 12. The second-order valence-corrected chi connectivity index (χ2v) is 5.32. The van der Waals surface area contributed by atoms with Gasteiger partial charge in [0.1, 0.15) is 5.78 Å². The van der Waals surface area contributed by atoms with Gasteiger partial charge in [-0.05, 0) is 26.7 Å². The molecule has 0 rings (SSSR count). The van der Waals surface area contributed by atoms with Crippen LogP contribution in [0.5, 0.6) is 0 Å². The average molecular weight is 267 g/mol. The number of carbonyl (C=O) groups excluding carboxylic acids is 2. The Labute approximate surface area is 117 Å². The molecule has 0 atom stereocenters. The van der Waals surface area contributed by atoms with Crippen molar-refractivity contribution in [2.75, 3.05) is 6.54 Å². The third-order valence-electron chi connectivity index (χ3n) is 3.13. The SMILES string of the molecule is C=C(C)C(=O)NCCCCCCCCCCC(C)=O. The number of Topliss-reactive ketones (excluding diaryl/α,β-unsaturated/α-hetero) is 1. The largest absolute Gasteiger partial charge is 0.352 e. The molecule has 0 bridgehead atoms. The first-order chi connectivity index (χ1) is 9.04. The van der Waals surface area contributed by atoms with Crippen LogP contribution in [0.25, 0.3) is 0 Å². The van der Waals surface area contributed by atoms with Crippen LogP contribution < -0.4 is 5.32 Å². The molecule has 19 heavy (non-hydrogen) atoms. The Kier molecular flexibility index (Phi) is 11.2. The van der Waals surface area contributed by atoms with Crippen molar-refractivity contribution in [3.63, 3.8) is 0 Å². The van der Waals surface area contributed by atoms with Crippen LogP contribution in [-0.4, -0.2) is 18.2 Å². The summed E-state index contributed by atoms with van der Waals surface area (Å²) in [5.74, 6) is 0.266. The number of nitrogens with one attached hydrogen (secondary N) is 1. The van der Waals surface area contributed by atoms with Gasteiger partial charge < -0.3 is 10.1 Å².